The van der Waals surface area contributed by atoms with Crippen molar-refractivity contribution in [1.29, 1.82) is 0 Å². The van der Waals surface area contributed by atoms with Crippen LogP contribution in [0.1, 0.15) is 5.56 Å². The summed E-state index contributed by atoms with van der Waals surface area (Å²) in [5, 5.41) is 15.5. The minimum atomic E-state index is -3.78. The van der Waals surface area contributed by atoms with Crippen LogP contribution in [0.5, 0.6) is 0 Å². The fourth-order valence-corrected chi connectivity index (χ4v) is 1.59. The molecule has 1 rings (SSSR count). The second kappa shape index (κ2) is 2.72. The lowest BCUT2D eigenvalue weighted by atomic mass is 10.3. The molecular formula is C6H8N2O3S. The zero-order valence-electron chi connectivity index (χ0n) is 6.39. The molecule has 0 fully saturated rings. The van der Waals surface area contributed by atoms with E-state index in [1.165, 1.54) is 12.3 Å². The molecule has 0 radical (unpaired) electrons. The summed E-state index contributed by atoms with van der Waals surface area (Å²) in [4.78, 5) is -0.139. The number of nitrogens with two attached hydrogens (primary N) is 1. The molecule has 0 amide bonds. The number of aryl methyl sites for hydroxylation is 1. The van der Waals surface area contributed by atoms with Gasteiger partial charge < -0.3 is 5.21 Å². The summed E-state index contributed by atoms with van der Waals surface area (Å²) < 4.78 is 22.1. The summed E-state index contributed by atoms with van der Waals surface area (Å²) in [6.45, 7) is 1.57. The summed E-state index contributed by atoms with van der Waals surface area (Å²) in [5.74, 6) is 0. The van der Waals surface area contributed by atoms with Gasteiger partial charge in [0.05, 0.1) is 0 Å². The number of hydrogen-bond donors (Lipinski definition) is 1. The second-order valence-electron chi connectivity index (χ2n) is 2.40. The molecule has 0 spiro atoms. The summed E-state index contributed by atoms with van der Waals surface area (Å²) >= 11 is 0. The van der Waals surface area contributed by atoms with Gasteiger partial charge in [0.1, 0.15) is 4.90 Å². The molecule has 0 aromatic carbocycles. The first-order valence-electron chi connectivity index (χ1n) is 3.13. The smallest absolute Gasteiger partial charge is 0.244 e. The molecule has 1 aromatic rings. The third kappa shape index (κ3) is 1.72. The minimum absolute atomic E-state index is 0.139. The van der Waals surface area contributed by atoms with Gasteiger partial charge in [-0.25, -0.2) is 13.6 Å². The van der Waals surface area contributed by atoms with E-state index >= 15 is 0 Å². The Morgan fingerprint density at radius 2 is 2.17 bits per heavy atom. The molecule has 0 aliphatic heterocycles. The van der Waals surface area contributed by atoms with Crippen LogP contribution >= 0.6 is 0 Å². The fraction of sp³-hybridized carbons (Fsp3) is 0.167. The van der Waals surface area contributed by atoms with Crippen LogP contribution in [-0.2, 0) is 10.0 Å². The number of rotatable bonds is 1. The highest BCUT2D eigenvalue weighted by molar-refractivity contribution is 7.89. The lowest BCUT2D eigenvalue weighted by molar-refractivity contribution is -0.607. The van der Waals surface area contributed by atoms with Crippen LogP contribution in [0.2, 0.25) is 0 Å². The van der Waals surface area contributed by atoms with E-state index in [9.17, 15) is 13.6 Å². The predicted molar refractivity (Wildman–Crippen MR) is 41.5 cm³/mol. The first kappa shape index (κ1) is 8.95. The van der Waals surface area contributed by atoms with Gasteiger partial charge in [-0.05, 0) is 12.5 Å². The van der Waals surface area contributed by atoms with Crippen molar-refractivity contribution in [3.05, 3.63) is 29.2 Å². The molecule has 0 saturated carbocycles. The standard InChI is InChI=1S/C6H8N2O3S/c1-5-2-3-8(9)4-6(5)12(7,10)11/h2-4H,1H3,(H2,7,10,11). The number of primary sulfonamides is 1. The Hall–Kier alpha value is -1.14. The Labute approximate surface area is 70.1 Å². The Morgan fingerprint density at radius 3 is 2.58 bits per heavy atom. The van der Waals surface area contributed by atoms with Crippen LogP contribution in [-0.4, -0.2) is 8.42 Å². The highest BCUT2D eigenvalue weighted by Gasteiger charge is 2.14. The maximum Gasteiger partial charge on any atom is 0.244 e. The second-order valence-corrected chi connectivity index (χ2v) is 3.93. The lowest BCUT2D eigenvalue weighted by Crippen LogP contribution is -2.28. The van der Waals surface area contributed by atoms with Gasteiger partial charge in [0.2, 0.25) is 16.2 Å². The highest BCUT2D eigenvalue weighted by Crippen LogP contribution is 2.08. The number of pyridine rings is 1. The van der Waals surface area contributed by atoms with E-state index in [0.29, 0.717) is 10.3 Å². The van der Waals surface area contributed by atoms with E-state index in [1.54, 1.807) is 6.92 Å². The third-order valence-corrected chi connectivity index (χ3v) is 2.45. The van der Waals surface area contributed by atoms with Gasteiger partial charge in [0.25, 0.3) is 0 Å². The monoisotopic (exact) mass is 188 g/mol. The largest absolute Gasteiger partial charge is 0.619 e. The summed E-state index contributed by atoms with van der Waals surface area (Å²) in [7, 11) is -3.78. The number of sulfonamides is 1. The summed E-state index contributed by atoms with van der Waals surface area (Å²) in [6, 6.07) is 1.40. The van der Waals surface area contributed by atoms with Crippen molar-refractivity contribution in [3.63, 3.8) is 0 Å². The van der Waals surface area contributed by atoms with Crippen LogP contribution in [0.25, 0.3) is 0 Å². The van der Waals surface area contributed by atoms with E-state index in [0.717, 1.165) is 6.20 Å². The molecule has 2 N–H and O–H groups in total. The maximum atomic E-state index is 10.8. The van der Waals surface area contributed by atoms with Crippen molar-refractivity contribution in [2.24, 2.45) is 5.14 Å². The van der Waals surface area contributed by atoms with Crippen molar-refractivity contribution >= 4 is 10.0 Å². The van der Waals surface area contributed by atoms with Gasteiger partial charge in [0.15, 0.2) is 6.20 Å². The van der Waals surface area contributed by atoms with E-state index < -0.39 is 10.0 Å². The first-order chi connectivity index (χ1) is 5.41. The number of aromatic nitrogens is 1. The lowest BCUT2D eigenvalue weighted by Gasteiger charge is -2.01. The quantitative estimate of drug-likeness (QED) is 0.466. The van der Waals surface area contributed by atoms with Crippen molar-refractivity contribution in [3.8, 4) is 0 Å². The van der Waals surface area contributed by atoms with Crippen LogP contribution in [0, 0.1) is 12.1 Å². The van der Waals surface area contributed by atoms with Gasteiger partial charge in [0, 0.05) is 6.07 Å². The zero-order valence-corrected chi connectivity index (χ0v) is 7.21. The maximum absolute atomic E-state index is 10.8. The van der Waals surface area contributed by atoms with Crippen LogP contribution in [0.4, 0.5) is 0 Å². The van der Waals surface area contributed by atoms with Crippen molar-refractivity contribution < 1.29 is 13.1 Å². The number of hydrogen-bond acceptors (Lipinski definition) is 3. The van der Waals surface area contributed by atoms with Crippen LogP contribution in [0.3, 0.4) is 0 Å². The normalized spacial score (nSPS) is 11.5. The van der Waals surface area contributed by atoms with E-state index in [4.69, 9.17) is 5.14 Å². The molecule has 0 atom stereocenters. The van der Waals surface area contributed by atoms with Crippen molar-refractivity contribution in [1.82, 2.24) is 0 Å². The molecule has 1 aromatic heterocycles. The molecule has 0 bridgehead atoms. The molecule has 66 valence electrons. The van der Waals surface area contributed by atoms with E-state index in [2.05, 4.69) is 0 Å². The van der Waals surface area contributed by atoms with Crippen LogP contribution < -0.4 is 9.87 Å². The highest BCUT2D eigenvalue weighted by atomic mass is 32.2. The van der Waals surface area contributed by atoms with Gasteiger partial charge in [-0.2, -0.15) is 4.73 Å². The molecule has 0 aliphatic carbocycles. The van der Waals surface area contributed by atoms with Gasteiger partial charge in [-0.3, -0.25) is 0 Å². The number of nitrogens with zero attached hydrogens (tertiary/aromatic N) is 1. The molecule has 0 aliphatic rings. The van der Waals surface area contributed by atoms with Gasteiger partial charge in [-0.15, -0.1) is 0 Å². The fourth-order valence-electron chi connectivity index (χ4n) is 0.826. The average Bonchev–Trinajstić information content (AvgIpc) is 1.92. The Morgan fingerprint density at radius 1 is 1.58 bits per heavy atom. The Balaban J connectivity index is 3.43. The van der Waals surface area contributed by atoms with E-state index in [1.807, 2.05) is 0 Å². The van der Waals surface area contributed by atoms with Crippen LogP contribution in [0.15, 0.2) is 23.4 Å². The molecule has 0 saturated heterocycles. The minimum Gasteiger partial charge on any atom is -0.619 e. The first-order valence-corrected chi connectivity index (χ1v) is 4.68. The molecular weight excluding hydrogens is 180 g/mol. The van der Waals surface area contributed by atoms with Crippen molar-refractivity contribution in [2.75, 3.05) is 0 Å². The molecule has 5 nitrogen and oxygen atoms in total. The zero-order chi connectivity index (χ0) is 9.35. The van der Waals surface area contributed by atoms with Gasteiger partial charge in [-0.1, -0.05) is 0 Å². The molecule has 0 unspecified atom stereocenters. The molecule has 12 heavy (non-hydrogen) atoms. The molecule has 1 heterocycles. The predicted octanol–water partition coefficient (Wildman–Crippen LogP) is -0.724. The average molecular weight is 188 g/mol. The SMILES string of the molecule is Cc1cc[n+]([O-])cc1S(N)(=O)=O. The topological polar surface area (TPSA) is 87.1 Å². The Bertz CT molecular complexity index is 399. The molecule has 6 heteroatoms. The van der Waals surface area contributed by atoms with Crippen molar-refractivity contribution in [2.45, 2.75) is 11.8 Å². The summed E-state index contributed by atoms with van der Waals surface area (Å²) in [6.07, 6.45) is 2.15. The third-order valence-electron chi connectivity index (χ3n) is 1.41. The van der Waals surface area contributed by atoms with E-state index in [-0.39, 0.29) is 4.90 Å². The Kier molecular flexibility index (Phi) is 2.03. The summed E-state index contributed by atoms with van der Waals surface area (Å²) in [5.41, 5.74) is 0.463. The van der Waals surface area contributed by atoms with Gasteiger partial charge >= 0.3 is 0 Å².